The Bertz CT molecular complexity index is 990. The van der Waals surface area contributed by atoms with Crippen molar-refractivity contribution >= 4 is 28.8 Å². The molecule has 3 aromatic rings. The molecule has 1 saturated carbocycles. The topological polar surface area (TPSA) is 42.4 Å². The van der Waals surface area contributed by atoms with Gasteiger partial charge in [0.1, 0.15) is 23.2 Å². The Morgan fingerprint density at radius 1 is 1.25 bits per heavy atom. The molecule has 4 rings (SSSR count). The third-order valence-electron chi connectivity index (χ3n) is 4.44. The summed E-state index contributed by atoms with van der Waals surface area (Å²) in [7, 11) is 0. The average Bonchev–Trinajstić information content (AvgIpc) is 3.43. The predicted molar refractivity (Wildman–Crippen MR) is 107 cm³/mol. The summed E-state index contributed by atoms with van der Waals surface area (Å²) >= 11 is 7.43. The van der Waals surface area contributed by atoms with Crippen LogP contribution in [0.2, 0.25) is 5.02 Å². The highest BCUT2D eigenvalue weighted by Crippen LogP contribution is 2.30. The molecule has 4 nitrogen and oxygen atoms in total. The van der Waals surface area contributed by atoms with E-state index in [-0.39, 0.29) is 17.5 Å². The predicted octanol–water partition coefficient (Wildman–Crippen LogP) is 5.32. The van der Waals surface area contributed by atoms with Gasteiger partial charge in [-0.05, 0) is 43.2 Å². The van der Waals surface area contributed by atoms with Crippen LogP contribution in [0.25, 0.3) is 0 Å². The van der Waals surface area contributed by atoms with Gasteiger partial charge in [-0.15, -0.1) is 11.3 Å². The van der Waals surface area contributed by atoms with Gasteiger partial charge in [0.25, 0.3) is 5.91 Å². The molecule has 2 aromatic carbocycles. The third-order valence-corrected chi connectivity index (χ3v) is 5.55. The molecule has 0 radical (unpaired) electrons. The molecule has 0 unspecified atom stereocenters. The van der Waals surface area contributed by atoms with E-state index < -0.39 is 5.82 Å². The van der Waals surface area contributed by atoms with Gasteiger partial charge in [-0.1, -0.05) is 29.8 Å². The fourth-order valence-corrected chi connectivity index (χ4v) is 3.78. The SMILES string of the molecule is O=C(c1ccccc1F)N(Cc1csc(COc2cccc(Cl)c2)n1)C1CC1. The van der Waals surface area contributed by atoms with Crippen molar-refractivity contribution in [2.75, 3.05) is 0 Å². The van der Waals surface area contributed by atoms with Gasteiger partial charge >= 0.3 is 0 Å². The lowest BCUT2D eigenvalue weighted by Crippen LogP contribution is -2.33. The van der Waals surface area contributed by atoms with Crippen molar-refractivity contribution in [3.05, 3.63) is 81.0 Å². The van der Waals surface area contributed by atoms with E-state index in [1.807, 2.05) is 17.5 Å². The quantitative estimate of drug-likeness (QED) is 0.523. The Kier molecular flexibility index (Phi) is 5.59. The minimum Gasteiger partial charge on any atom is -0.486 e. The van der Waals surface area contributed by atoms with Crippen LogP contribution in [0.1, 0.15) is 33.9 Å². The molecule has 0 aliphatic heterocycles. The lowest BCUT2D eigenvalue weighted by Gasteiger charge is -2.21. The number of ether oxygens (including phenoxy) is 1. The largest absolute Gasteiger partial charge is 0.486 e. The summed E-state index contributed by atoms with van der Waals surface area (Å²) in [4.78, 5) is 19.1. The average molecular weight is 417 g/mol. The van der Waals surface area contributed by atoms with Gasteiger partial charge in [0.15, 0.2) is 0 Å². The molecule has 1 aromatic heterocycles. The number of hydrogen-bond acceptors (Lipinski definition) is 4. The number of carbonyl (C=O) groups is 1. The van der Waals surface area contributed by atoms with Crippen LogP contribution in [0.15, 0.2) is 53.9 Å². The van der Waals surface area contributed by atoms with Crippen molar-refractivity contribution in [2.45, 2.75) is 32.0 Å². The third kappa shape index (κ3) is 4.51. The fraction of sp³-hybridized carbons (Fsp3) is 0.238. The van der Waals surface area contributed by atoms with E-state index in [2.05, 4.69) is 4.98 Å². The number of halogens is 2. The molecular formula is C21H18ClFN2O2S. The molecule has 28 heavy (non-hydrogen) atoms. The Morgan fingerprint density at radius 3 is 2.82 bits per heavy atom. The van der Waals surface area contributed by atoms with Gasteiger partial charge in [-0.3, -0.25) is 4.79 Å². The number of benzene rings is 2. The number of hydrogen-bond donors (Lipinski definition) is 0. The number of thiazole rings is 1. The normalized spacial score (nSPS) is 13.4. The first-order valence-electron chi connectivity index (χ1n) is 8.97. The van der Waals surface area contributed by atoms with Crippen molar-refractivity contribution in [3.8, 4) is 5.75 Å². The Balaban J connectivity index is 1.43. The summed E-state index contributed by atoms with van der Waals surface area (Å²) in [5.74, 6) is -0.101. The zero-order valence-electron chi connectivity index (χ0n) is 15.0. The van der Waals surface area contributed by atoms with Crippen LogP contribution >= 0.6 is 22.9 Å². The molecule has 0 atom stereocenters. The Hall–Kier alpha value is -2.44. The van der Waals surface area contributed by atoms with Crippen LogP contribution in [0.5, 0.6) is 5.75 Å². The maximum atomic E-state index is 14.0. The van der Waals surface area contributed by atoms with Gasteiger partial charge < -0.3 is 9.64 Å². The van der Waals surface area contributed by atoms with Gasteiger partial charge in [0.05, 0.1) is 17.8 Å². The first kappa shape index (κ1) is 18.9. The summed E-state index contributed by atoms with van der Waals surface area (Å²) in [5, 5.41) is 3.34. The number of nitrogens with zero attached hydrogens (tertiary/aromatic N) is 2. The molecule has 7 heteroatoms. The van der Waals surface area contributed by atoms with E-state index in [0.29, 0.717) is 23.9 Å². The van der Waals surface area contributed by atoms with E-state index in [1.54, 1.807) is 29.2 Å². The molecule has 1 heterocycles. The van der Waals surface area contributed by atoms with Crippen LogP contribution in [-0.4, -0.2) is 21.8 Å². The summed E-state index contributed by atoms with van der Waals surface area (Å²) in [6, 6.07) is 13.4. The molecule has 144 valence electrons. The van der Waals surface area contributed by atoms with Crippen LogP contribution in [0.4, 0.5) is 4.39 Å². The number of amides is 1. The zero-order chi connectivity index (χ0) is 19.5. The van der Waals surface area contributed by atoms with Gasteiger partial charge in [0, 0.05) is 16.4 Å². The van der Waals surface area contributed by atoms with E-state index in [9.17, 15) is 9.18 Å². The van der Waals surface area contributed by atoms with Gasteiger partial charge in [-0.2, -0.15) is 0 Å². The highest BCUT2D eigenvalue weighted by molar-refractivity contribution is 7.09. The van der Waals surface area contributed by atoms with Crippen molar-refractivity contribution in [1.82, 2.24) is 9.88 Å². The standard InChI is InChI=1S/C21H18ClFN2O2S/c22-14-4-3-5-17(10-14)27-12-20-24-15(13-28-20)11-25(16-8-9-16)21(26)18-6-1-2-7-19(18)23/h1-7,10,13,16H,8-9,11-12H2. The molecule has 1 amide bonds. The summed E-state index contributed by atoms with van der Waals surface area (Å²) < 4.78 is 19.7. The van der Waals surface area contributed by atoms with Crippen LogP contribution in [-0.2, 0) is 13.2 Å². The number of carbonyl (C=O) groups excluding carboxylic acids is 1. The summed E-state index contributed by atoms with van der Waals surface area (Å²) in [5.41, 5.74) is 0.889. The van der Waals surface area contributed by atoms with E-state index in [1.165, 1.54) is 23.5 Å². The minimum atomic E-state index is -0.493. The highest BCUT2D eigenvalue weighted by atomic mass is 35.5. The van der Waals surface area contributed by atoms with Crippen LogP contribution in [0, 0.1) is 5.82 Å². The molecule has 1 fully saturated rings. The lowest BCUT2D eigenvalue weighted by molar-refractivity contribution is 0.0723. The molecule has 0 bridgehead atoms. The molecule has 0 saturated heterocycles. The lowest BCUT2D eigenvalue weighted by atomic mass is 10.2. The van der Waals surface area contributed by atoms with Crippen molar-refractivity contribution < 1.29 is 13.9 Å². The van der Waals surface area contributed by atoms with Crippen molar-refractivity contribution in [2.24, 2.45) is 0 Å². The maximum Gasteiger partial charge on any atom is 0.257 e. The van der Waals surface area contributed by atoms with E-state index in [4.69, 9.17) is 16.3 Å². The minimum absolute atomic E-state index is 0.106. The van der Waals surface area contributed by atoms with E-state index in [0.717, 1.165) is 23.5 Å². The summed E-state index contributed by atoms with van der Waals surface area (Å²) in [6.07, 6.45) is 1.88. The number of rotatable bonds is 7. The second-order valence-corrected chi connectivity index (χ2v) is 8.00. The number of aromatic nitrogens is 1. The maximum absolute atomic E-state index is 14.0. The second-order valence-electron chi connectivity index (χ2n) is 6.62. The zero-order valence-corrected chi connectivity index (χ0v) is 16.5. The van der Waals surface area contributed by atoms with Crippen LogP contribution < -0.4 is 4.74 Å². The second kappa shape index (κ2) is 8.29. The first-order valence-corrected chi connectivity index (χ1v) is 10.2. The van der Waals surface area contributed by atoms with Gasteiger partial charge in [-0.25, -0.2) is 9.37 Å². The van der Waals surface area contributed by atoms with Crippen molar-refractivity contribution in [1.29, 1.82) is 0 Å². The highest BCUT2D eigenvalue weighted by Gasteiger charge is 2.34. The fourth-order valence-electron chi connectivity index (χ4n) is 2.91. The molecule has 0 spiro atoms. The smallest absolute Gasteiger partial charge is 0.257 e. The molecule has 1 aliphatic carbocycles. The Morgan fingerprint density at radius 2 is 2.07 bits per heavy atom. The molecule has 1 aliphatic rings. The van der Waals surface area contributed by atoms with Gasteiger partial charge in [0.2, 0.25) is 0 Å². The Labute approximate surface area is 171 Å². The first-order chi connectivity index (χ1) is 13.6. The monoisotopic (exact) mass is 416 g/mol. The van der Waals surface area contributed by atoms with Crippen molar-refractivity contribution in [3.63, 3.8) is 0 Å². The summed E-state index contributed by atoms with van der Waals surface area (Å²) in [6.45, 7) is 0.696. The van der Waals surface area contributed by atoms with Crippen LogP contribution in [0.3, 0.4) is 0 Å². The molecule has 0 N–H and O–H groups in total. The van der Waals surface area contributed by atoms with E-state index >= 15 is 0 Å². The molecular weight excluding hydrogens is 399 g/mol.